The summed E-state index contributed by atoms with van der Waals surface area (Å²) in [6.45, 7) is 8.05. The molecule has 0 atom stereocenters. The van der Waals surface area contributed by atoms with Crippen molar-refractivity contribution in [3.05, 3.63) is 57.5 Å². The second-order valence-corrected chi connectivity index (χ2v) is 7.28. The van der Waals surface area contributed by atoms with E-state index in [0.29, 0.717) is 10.6 Å². The molecule has 0 spiro atoms. The summed E-state index contributed by atoms with van der Waals surface area (Å²) in [5, 5.41) is 10.7. The lowest BCUT2D eigenvalue weighted by Gasteiger charge is -2.13. The normalized spacial score (nSPS) is 11.0. The van der Waals surface area contributed by atoms with E-state index in [2.05, 4.69) is 9.97 Å². The third kappa shape index (κ3) is 5.26. The fraction of sp³-hybridized carbons (Fsp3) is 0.389. The summed E-state index contributed by atoms with van der Waals surface area (Å²) < 4.78 is 5.25. The molecule has 7 nitrogen and oxygen atoms in total. The molecule has 0 aliphatic carbocycles. The molecule has 0 amide bonds. The Hall–Kier alpha value is -2.48. The van der Waals surface area contributed by atoms with Crippen LogP contribution in [0.25, 0.3) is 0 Å². The van der Waals surface area contributed by atoms with Gasteiger partial charge < -0.3 is 4.74 Å². The monoisotopic (exact) mass is 375 g/mol. The van der Waals surface area contributed by atoms with Gasteiger partial charge in [-0.25, -0.2) is 9.78 Å². The molecule has 8 heteroatoms. The van der Waals surface area contributed by atoms with Gasteiger partial charge in [-0.3, -0.25) is 15.1 Å². The standard InChI is InChI=1S/C18H21N3O4S/c1-11(2)15-9-19-16(12(3)4)17(20-15)26-18(22)25-10-13-5-7-14(8-6-13)21(23)24/h5-9,11-12H,10H2,1-4H3. The smallest absolute Gasteiger partial charge is 0.374 e. The average Bonchev–Trinajstić information content (AvgIpc) is 2.60. The first-order chi connectivity index (χ1) is 12.3. The van der Waals surface area contributed by atoms with Crippen LogP contribution < -0.4 is 0 Å². The van der Waals surface area contributed by atoms with Crippen molar-refractivity contribution in [1.82, 2.24) is 9.97 Å². The molecule has 0 saturated heterocycles. The number of nitro benzene ring substituents is 1. The number of rotatable bonds is 6. The van der Waals surface area contributed by atoms with Crippen molar-refractivity contribution < 1.29 is 14.5 Å². The highest BCUT2D eigenvalue weighted by Gasteiger charge is 2.18. The molecule has 2 rings (SSSR count). The fourth-order valence-electron chi connectivity index (χ4n) is 2.11. The van der Waals surface area contributed by atoms with Crippen LogP contribution in [-0.2, 0) is 11.3 Å². The van der Waals surface area contributed by atoms with Crippen molar-refractivity contribution in [1.29, 1.82) is 0 Å². The Balaban J connectivity index is 2.04. The fourth-order valence-corrected chi connectivity index (χ4v) is 2.93. The van der Waals surface area contributed by atoms with Crippen LogP contribution in [0.15, 0.2) is 35.5 Å². The average molecular weight is 375 g/mol. The van der Waals surface area contributed by atoms with Crippen molar-refractivity contribution in [3.63, 3.8) is 0 Å². The molecule has 0 saturated carbocycles. The highest BCUT2D eigenvalue weighted by atomic mass is 32.2. The van der Waals surface area contributed by atoms with Crippen LogP contribution in [0.2, 0.25) is 0 Å². The number of nitro groups is 1. The third-order valence-electron chi connectivity index (χ3n) is 3.61. The minimum Gasteiger partial charge on any atom is -0.452 e. The van der Waals surface area contributed by atoms with Crippen molar-refractivity contribution >= 4 is 22.8 Å². The van der Waals surface area contributed by atoms with E-state index in [1.165, 1.54) is 12.1 Å². The number of ether oxygens (including phenoxy) is 1. The SMILES string of the molecule is CC(C)c1cnc(C(C)C)c(SC(=O)OCc2ccc([N+](=O)[O-])cc2)n1. The van der Waals surface area contributed by atoms with Gasteiger partial charge in [-0.2, -0.15) is 0 Å². The van der Waals surface area contributed by atoms with E-state index in [4.69, 9.17) is 4.74 Å². The predicted molar refractivity (Wildman–Crippen MR) is 99.3 cm³/mol. The van der Waals surface area contributed by atoms with Gasteiger partial charge in [-0.1, -0.05) is 27.7 Å². The van der Waals surface area contributed by atoms with Crippen LogP contribution in [0.1, 0.15) is 56.5 Å². The highest BCUT2D eigenvalue weighted by molar-refractivity contribution is 8.13. The summed E-state index contributed by atoms with van der Waals surface area (Å²) in [5.74, 6) is 0.341. The number of aromatic nitrogens is 2. The van der Waals surface area contributed by atoms with Crippen molar-refractivity contribution in [3.8, 4) is 0 Å². The molecule has 26 heavy (non-hydrogen) atoms. The minimum absolute atomic E-state index is 0.00296. The Morgan fingerprint density at radius 3 is 2.38 bits per heavy atom. The zero-order valence-electron chi connectivity index (χ0n) is 15.1. The maximum Gasteiger partial charge on any atom is 0.374 e. The number of nitrogens with zero attached hydrogens (tertiary/aromatic N) is 3. The van der Waals surface area contributed by atoms with Gasteiger partial charge in [0.2, 0.25) is 0 Å². The number of benzene rings is 1. The van der Waals surface area contributed by atoms with Gasteiger partial charge in [0.15, 0.2) is 0 Å². The van der Waals surface area contributed by atoms with E-state index in [9.17, 15) is 14.9 Å². The molecular weight excluding hydrogens is 354 g/mol. The van der Waals surface area contributed by atoms with Gasteiger partial charge in [0, 0.05) is 30.1 Å². The molecule has 0 aliphatic rings. The Kier molecular flexibility index (Phi) is 6.68. The molecule has 0 fully saturated rings. The van der Waals surface area contributed by atoms with Crippen molar-refractivity contribution in [2.75, 3.05) is 0 Å². The van der Waals surface area contributed by atoms with E-state index < -0.39 is 10.2 Å². The zero-order chi connectivity index (χ0) is 19.3. The number of non-ortho nitro benzene ring substituents is 1. The molecule has 0 aliphatic heterocycles. The molecule has 1 aromatic heterocycles. The van der Waals surface area contributed by atoms with Crippen molar-refractivity contribution in [2.45, 2.75) is 51.2 Å². The zero-order valence-corrected chi connectivity index (χ0v) is 15.9. The van der Waals surface area contributed by atoms with Crippen LogP contribution in [0.4, 0.5) is 10.5 Å². The Morgan fingerprint density at radius 2 is 1.85 bits per heavy atom. The highest BCUT2D eigenvalue weighted by Crippen LogP contribution is 2.28. The first kappa shape index (κ1) is 19.8. The summed E-state index contributed by atoms with van der Waals surface area (Å²) in [4.78, 5) is 31.3. The van der Waals surface area contributed by atoms with E-state index in [-0.39, 0.29) is 24.1 Å². The van der Waals surface area contributed by atoms with Gasteiger partial charge in [0.25, 0.3) is 5.69 Å². The Labute approximate surface area is 156 Å². The summed E-state index contributed by atoms with van der Waals surface area (Å²) in [6.07, 6.45) is 1.74. The molecule has 2 aromatic rings. The minimum atomic E-state index is -0.486. The van der Waals surface area contributed by atoms with Crippen LogP contribution in [0.5, 0.6) is 0 Å². The maximum absolute atomic E-state index is 12.2. The van der Waals surface area contributed by atoms with Crippen molar-refractivity contribution in [2.24, 2.45) is 0 Å². The van der Waals surface area contributed by atoms with Gasteiger partial charge in [0.1, 0.15) is 11.6 Å². The predicted octanol–water partition coefficient (Wildman–Crippen LogP) is 5.06. The topological polar surface area (TPSA) is 95.2 Å². The van der Waals surface area contributed by atoms with E-state index >= 15 is 0 Å². The Bertz CT molecular complexity index is 792. The second-order valence-electron chi connectivity index (χ2n) is 6.36. The molecule has 138 valence electrons. The van der Waals surface area contributed by atoms with Gasteiger partial charge >= 0.3 is 5.30 Å². The molecule has 1 aromatic carbocycles. The van der Waals surface area contributed by atoms with Gasteiger partial charge in [-0.15, -0.1) is 0 Å². The lowest BCUT2D eigenvalue weighted by Crippen LogP contribution is -2.06. The number of carbonyl (C=O) groups is 1. The second kappa shape index (κ2) is 8.75. The maximum atomic E-state index is 12.2. The quantitative estimate of drug-likeness (QED) is 0.301. The molecular formula is C18H21N3O4S. The first-order valence-corrected chi connectivity index (χ1v) is 9.04. The van der Waals surface area contributed by atoms with Crippen LogP contribution in [-0.4, -0.2) is 20.2 Å². The summed E-state index contributed by atoms with van der Waals surface area (Å²) in [6, 6.07) is 5.89. The Morgan fingerprint density at radius 1 is 1.19 bits per heavy atom. The summed E-state index contributed by atoms with van der Waals surface area (Å²) >= 11 is 0.914. The molecule has 1 heterocycles. The number of thioether (sulfide) groups is 1. The van der Waals surface area contributed by atoms with E-state index in [0.717, 1.165) is 23.1 Å². The van der Waals surface area contributed by atoms with Crippen LogP contribution >= 0.6 is 11.8 Å². The van der Waals surface area contributed by atoms with Crippen LogP contribution in [0, 0.1) is 10.1 Å². The lowest BCUT2D eigenvalue weighted by molar-refractivity contribution is -0.384. The third-order valence-corrected chi connectivity index (χ3v) is 4.39. The number of hydrogen-bond donors (Lipinski definition) is 0. The number of hydrogen-bond acceptors (Lipinski definition) is 7. The number of carbonyl (C=O) groups excluding carboxylic acids is 1. The van der Waals surface area contributed by atoms with Gasteiger partial charge in [0.05, 0.1) is 16.3 Å². The van der Waals surface area contributed by atoms with Crippen LogP contribution in [0.3, 0.4) is 0 Å². The molecule has 0 unspecified atom stereocenters. The molecule has 0 N–H and O–H groups in total. The van der Waals surface area contributed by atoms with Gasteiger partial charge in [-0.05, 0) is 29.5 Å². The van der Waals surface area contributed by atoms with E-state index in [1.807, 2.05) is 27.7 Å². The van der Waals surface area contributed by atoms with E-state index in [1.54, 1.807) is 18.3 Å². The largest absolute Gasteiger partial charge is 0.452 e. The molecule has 0 radical (unpaired) electrons. The first-order valence-electron chi connectivity index (χ1n) is 8.22. The summed E-state index contributed by atoms with van der Waals surface area (Å²) in [7, 11) is 0. The lowest BCUT2D eigenvalue weighted by atomic mass is 10.1. The molecule has 0 bridgehead atoms. The summed E-state index contributed by atoms with van der Waals surface area (Å²) in [5.41, 5.74) is 2.25.